The molecule has 4 aromatic heterocycles. The number of aryl methyl sites for hydroxylation is 1. The smallest absolute Gasteiger partial charge is 0.243 e. The van der Waals surface area contributed by atoms with Crippen molar-refractivity contribution in [1.29, 1.82) is 0 Å². The van der Waals surface area contributed by atoms with Crippen LogP contribution in [0.4, 0.5) is 8.78 Å². The van der Waals surface area contributed by atoms with Crippen molar-refractivity contribution in [2.45, 2.75) is 6.92 Å². The van der Waals surface area contributed by atoms with Gasteiger partial charge in [0.05, 0.1) is 23.8 Å². The van der Waals surface area contributed by atoms with Crippen LogP contribution in [0.2, 0.25) is 0 Å². The fourth-order valence-electron chi connectivity index (χ4n) is 3.41. The molecule has 0 fully saturated rings. The molecule has 3 N–H and O–H groups in total. The summed E-state index contributed by atoms with van der Waals surface area (Å²) in [5.41, 5.74) is -0.579. The van der Waals surface area contributed by atoms with E-state index in [0.717, 1.165) is 22.8 Å². The molecule has 0 amide bonds. The average molecular weight is 437 g/mol. The number of fused-ring (bicyclic) bond motifs is 1. The summed E-state index contributed by atoms with van der Waals surface area (Å²) >= 11 is 0. The second kappa shape index (κ2) is 7.01. The molecular weight excluding hydrogens is 424 g/mol. The molecule has 0 saturated carbocycles. The Morgan fingerprint density at radius 1 is 1.16 bits per heavy atom. The van der Waals surface area contributed by atoms with E-state index >= 15 is 0 Å². The summed E-state index contributed by atoms with van der Waals surface area (Å²) in [5, 5.41) is 21.4. The van der Waals surface area contributed by atoms with E-state index in [-0.39, 0.29) is 23.0 Å². The topological polar surface area (TPSA) is 130 Å². The summed E-state index contributed by atoms with van der Waals surface area (Å²) in [7, 11) is 0. The number of aromatic amines is 1. The lowest BCUT2D eigenvalue weighted by molar-refractivity contribution is 0.101. The first kappa shape index (κ1) is 19.4. The number of benzene rings is 1. The largest absolute Gasteiger partial charge is 0.503 e. The first-order chi connectivity index (χ1) is 15.3. The van der Waals surface area contributed by atoms with Gasteiger partial charge in [-0.2, -0.15) is 4.98 Å². The van der Waals surface area contributed by atoms with Crippen molar-refractivity contribution in [3.63, 3.8) is 0 Å². The highest BCUT2D eigenvalue weighted by atomic mass is 19.1. The summed E-state index contributed by atoms with van der Waals surface area (Å²) in [6, 6.07) is 5.48. The van der Waals surface area contributed by atoms with Gasteiger partial charge in [0, 0.05) is 5.56 Å². The Bertz CT molecular complexity index is 1520. The molecule has 4 heterocycles. The molecule has 0 bridgehead atoms. The molecule has 0 aliphatic rings. The number of carbonyl (C=O) groups is 1. The van der Waals surface area contributed by atoms with Gasteiger partial charge in [-0.15, -0.1) is 0 Å². The molecule has 0 aliphatic heterocycles. The van der Waals surface area contributed by atoms with Gasteiger partial charge in [0.15, 0.2) is 17.2 Å². The molecule has 0 saturated heterocycles. The molecule has 1 aromatic carbocycles. The van der Waals surface area contributed by atoms with Crippen molar-refractivity contribution >= 4 is 16.9 Å². The fraction of sp³-hybridized carbons (Fsp3) is 0.0476. The third-order valence-corrected chi connectivity index (χ3v) is 4.86. The van der Waals surface area contributed by atoms with Crippen LogP contribution in [0.3, 0.4) is 0 Å². The van der Waals surface area contributed by atoms with E-state index in [4.69, 9.17) is 4.42 Å². The molecule has 0 spiro atoms. The fourth-order valence-corrected chi connectivity index (χ4v) is 3.41. The number of nitrogens with zero attached hydrogens (tertiary/aromatic N) is 4. The van der Waals surface area contributed by atoms with E-state index in [1.165, 1.54) is 24.7 Å². The standard InChI is InChI=1S/C21H13F2N5O4/c1-9-2-5-14(32-9)17(29)15-16(11-6-10(22)3-4-12(11)23)28(20(31)18(15)30)21-24-7-13-19(27-21)26-8-25-13/h2-8,30-31H,1H3,(H,24,25,26,27). The van der Waals surface area contributed by atoms with Crippen LogP contribution < -0.4 is 0 Å². The van der Waals surface area contributed by atoms with Gasteiger partial charge in [-0.25, -0.2) is 23.3 Å². The molecule has 160 valence electrons. The van der Waals surface area contributed by atoms with Crippen molar-refractivity contribution in [2.75, 3.05) is 0 Å². The average Bonchev–Trinajstić information content (AvgIpc) is 3.48. The monoisotopic (exact) mass is 437 g/mol. The van der Waals surface area contributed by atoms with Crippen LogP contribution in [-0.2, 0) is 0 Å². The van der Waals surface area contributed by atoms with E-state index in [0.29, 0.717) is 11.3 Å². The van der Waals surface area contributed by atoms with Crippen LogP contribution in [0.5, 0.6) is 11.6 Å². The summed E-state index contributed by atoms with van der Waals surface area (Å²) in [4.78, 5) is 28.3. The number of carbonyl (C=O) groups excluding carboxylic acids is 1. The Kier molecular flexibility index (Phi) is 4.26. The number of aromatic nitrogens is 5. The Morgan fingerprint density at radius 2 is 1.97 bits per heavy atom. The quantitative estimate of drug-likeness (QED) is 0.366. The lowest BCUT2D eigenvalue weighted by Gasteiger charge is -2.11. The molecule has 11 heteroatoms. The van der Waals surface area contributed by atoms with Gasteiger partial charge < -0.3 is 19.6 Å². The zero-order chi connectivity index (χ0) is 22.6. The Labute approximate surface area is 177 Å². The first-order valence-corrected chi connectivity index (χ1v) is 9.25. The number of nitrogens with one attached hydrogen (secondary N) is 1. The van der Waals surface area contributed by atoms with Crippen molar-refractivity contribution in [1.82, 2.24) is 24.5 Å². The Morgan fingerprint density at radius 3 is 2.72 bits per heavy atom. The number of aromatic hydroxyl groups is 2. The lowest BCUT2D eigenvalue weighted by Crippen LogP contribution is -2.07. The van der Waals surface area contributed by atoms with Gasteiger partial charge in [-0.1, -0.05) is 0 Å². The SMILES string of the molecule is Cc1ccc(C(=O)c2c(O)c(O)n(-c3ncc4[nH]cnc4n3)c2-c2cc(F)ccc2F)o1. The van der Waals surface area contributed by atoms with Gasteiger partial charge >= 0.3 is 0 Å². The van der Waals surface area contributed by atoms with Crippen LogP contribution in [0.15, 0.2) is 47.3 Å². The normalized spacial score (nSPS) is 11.3. The molecule has 0 aliphatic carbocycles. The Balaban J connectivity index is 1.86. The zero-order valence-corrected chi connectivity index (χ0v) is 16.3. The summed E-state index contributed by atoms with van der Waals surface area (Å²) in [6.07, 6.45) is 2.72. The predicted molar refractivity (Wildman–Crippen MR) is 107 cm³/mol. The number of H-pyrrole nitrogens is 1. The third kappa shape index (κ3) is 2.90. The molecule has 9 nitrogen and oxygen atoms in total. The number of hydrogen-bond donors (Lipinski definition) is 3. The Hall–Kier alpha value is -4.54. The number of ketones is 1. The second-order valence-corrected chi connectivity index (χ2v) is 6.90. The van der Waals surface area contributed by atoms with Gasteiger partial charge in [0.1, 0.15) is 22.9 Å². The van der Waals surface area contributed by atoms with E-state index in [1.807, 2.05) is 0 Å². The van der Waals surface area contributed by atoms with E-state index in [9.17, 15) is 23.8 Å². The minimum atomic E-state index is -0.907. The van der Waals surface area contributed by atoms with Crippen molar-refractivity contribution in [3.8, 4) is 28.8 Å². The number of furan rings is 1. The third-order valence-electron chi connectivity index (χ3n) is 4.86. The van der Waals surface area contributed by atoms with Crippen LogP contribution in [-0.4, -0.2) is 40.5 Å². The maximum atomic E-state index is 14.8. The second-order valence-electron chi connectivity index (χ2n) is 6.90. The van der Waals surface area contributed by atoms with Crippen LogP contribution in [0, 0.1) is 18.6 Å². The highest BCUT2D eigenvalue weighted by Gasteiger charge is 2.33. The number of halogens is 2. The van der Waals surface area contributed by atoms with E-state index < -0.39 is 40.2 Å². The van der Waals surface area contributed by atoms with Gasteiger partial charge in [-0.05, 0) is 37.3 Å². The molecule has 0 radical (unpaired) electrons. The van der Waals surface area contributed by atoms with E-state index in [1.54, 1.807) is 6.92 Å². The number of rotatable bonds is 4. The van der Waals surface area contributed by atoms with Crippen LogP contribution in [0.25, 0.3) is 28.4 Å². The molecule has 0 unspecified atom stereocenters. The minimum Gasteiger partial charge on any atom is -0.503 e. The van der Waals surface area contributed by atoms with Crippen LogP contribution >= 0.6 is 0 Å². The maximum Gasteiger partial charge on any atom is 0.243 e. The highest BCUT2D eigenvalue weighted by Crippen LogP contribution is 2.44. The lowest BCUT2D eigenvalue weighted by atomic mass is 10.0. The summed E-state index contributed by atoms with van der Waals surface area (Å²) in [5.74, 6) is -4.26. The molecule has 0 atom stereocenters. The van der Waals surface area contributed by atoms with Crippen molar-refractivity contribution < 1.29 is 28.2 Å². The van der Waals surface area contributed by atoms with Crippen molar-refractivity contribution in [2.24, 2.45) is 0 Å². The number of hydrogen-bond acceptors (Lipinski definition) is 7. The van der Waals surface area contributed by atoms with E-state index in [2.05, 4.69) is 19.9 Å². The van der Waals surface area contributed by atoms with Crippen molar-refractivity contribution in [3.05, 3.63) is 71.6 Å². The molecular formula is C21H13F2N5O4. The van der Waals surface area contributed by atoms with Gasteiger partial charge in [-0.3, -0.25) is 4.79 Å². The predicted octanol–water partition coefficient (Wildman–Crippen LogP) is 3.63. The number of imidazole rings is 1. The maximum absolute atomic E-state index is 14.8. The van der Waals surface area contributed by atoms with Gasteiger partial charge in [0.2, 0.25) is 17.6 Å². The summed E-state index contributed by atoms with van der Waals surface area (Å²) < 4.78 is 35.0. The zero-order valence-electron chi connectivity index (χ0n) is 16.3. The minimum absolute atomic E-state index is 0.170. The molecule has 5 rings (SSSR count). The van der Waals surface area contributed by atoms with Crippen LogP contribution in [0.1, 0.15) is 21.9 Å². The van der Waals surface area contributed by atoms with Gasteiger partial charge in [0.25, 0.3) is 0 Å². The molecule has 32 heavy (non-hydrogen) atoms. The molecule has 5 aromatic rings. The summed E-state index contributed by atoms with van der Waals surface area (Å²) in [6.45, 7) is 1.61. The highest BCUT2D eigenvalue weighted by molar-refractivity contribution is 6.14. The first-order valence-electron chi connectivity index (χ1n) is 9.25.